The molecule has 0 aliphatic carbocycles. The number of ether oxygens (including phenoxy) is 1. The van der Waals surface area contributed by atoms with Crippen molar-refractivity contribution in [1.29, 1.82) is 0 Å². The molecule has 6 nitrogen and oxygen atoms in total. The Labute approximate surface area is 219 Å². The van der Waals surface area contributed by atoms with Gasteiger partial charge in [0.15, 0.2) is 0 Å². The van der Waals surface area contributed by atoms with Crippen molar-refractivity contribution in [3.63, 3.8) is 0 Å². The number of esters is 1. The first-order chi connectivity index (χ1) is 17.0. The molecule has 0 saturated carbocycles. The van der Waals surface area contributed by atoms with Crippen LogP contribution in [0, 0.1) is 5.92 Å². The molecule has 7 heteroatoms. The molecule has 2 heterocycles. The van der Waals surface area contributed by atoms with Gasteiger partial charge in [0, 0.05) is 24.4 Å². The monoisotopic (exact) mass is 512 g/mol. The minimum absolute atomic E-state index is 0.00981. The lowest BCUT2D eigenvalue weighted by Crippen LogP contribution is -2.47. The van der Waals surface area contributed by atoms with E-state index in [1.165, 1.54) is 16.0 Å². The third-order valence-corrected chi connectivity index (χ3v) is 7.49. The number of fused-ring (bicyclic) bond motifs is 1. The van der Waals surface area contributed by atoms with Crippen LogP contribution < -0.4 is 0 Å². The lowest BCUT2D eigenvalue weighted by atomic mass is 9.85. The molecule has 36 heavy (non-hydrogen) atoms. The first kappa shape index (κ1) is 27.9. The molecule has 1 aliphatic rings. The Bertz CT molecular complexity index is 1050. The van der Waals surface area contributed by atoms with Gasteiger partial charge in [-0.15, -0.1) is 11.3 Å². The number of carbonyl (C=O) groups is 3. The van der Waals surface area contributed by atoms with E-state index in [9.17, 15) is 14.4 Å². The lowest BCUT2D eigenvalue weighted by molar-refractivity contribution is -0.147. The van der Waals surface area contributed by atoms with Crippen LogP contribution in [0.15, 0.2) is 35.7 Å². The molecule has 1 aliphatic heterocycles. The van der Waals surface area contributed by atoms with Crippen molar-refractivity contribution in [2.24, 2.45) is 5.92 Å². The van der Waals surface area contributed by atoms with Crippen LogP contribution in [-0.2, 0) is 31.0 Å². The summed E-state index contributed by atoms with van der Waals surface area (Å²) >= 11 is 1.74. The Hall–Kier alpha value is -2.67. The molecule has 3 rings (SSSR count). The van der Waals surface area contributed by atoms with Crippen LogP contribution >= 0.6 is 11.3 Å². The summed E-state index contributed by atoms with van der Waals surface area (Å²) in [4.78, 5) is 43.3. The first-order valence-corrected chi connectivity index (χ1v) is 13.8. The molecule has 0 spiro atoms. The smallest absolute Gasteiger partial charge is 0.306 e. The minimum atomic E-state index is -0.388. The number of benzene rings is 1. The third-order valence-electron chi connectivity index (χ3n) is 6.49. The molecular formula is C29H40N2O4S. The minimum Gasteiger partial charge on any atom is -0.466 e. The molecule has 0 fully saturated rings. The quantitative estimate of drug-likeness (QED) is 0.425. The summed E-state index contributed by atoms with van der Waals surface area (Å²) < 4.78 is 4.96. The zero-order chi connectivity index (χ0) is 26.5. The van der Waals surface area contributed by atoms with Gasteiger partial charge >= 0.3 is 5.97 Å². The Morgan fingerprint density at radius 2 is 1.81 bits per heavy atom. The van der Waals surface area contributed by atoms with E-state index in [4.69, 9.17) is 4.74 Å². The molecule has 196 valence electrons. The van der Waals surface area contributed by atoms with Crippen LogP contribution in [0.5, 0.6) is 0 Å². The van der Waals surface area contributed by atoms with E-state index >= 15 is 0 Å². The fraction of sp³-hybridized carbons (Fsp3) is 0.552. The van der Waals surface area contributed by atoms with Crippen LogP contribution in [0.1, 0.15) is 82.0 Å². The van der Waals surface area contributed by atoms with Crippen LogP contribution in [0.2, 0.25) is 0 Å². The first-order valence-electron chi connectivity index (χ1n) is 12.9. The average molecular weight is 513 g/mol. The molecule has 1 aromatic carbocycles. The van der Waals surface area contributed by atoms with Crippen LogP contribution in [0.3, 0.4) is 0 Å². The van der Waals surface area contributed by atoms with Crippen molar-refractivity contribution in [3.8, 4) is 0 Å². The number of nitrogens with zero attached hydrogens (tertiary/aromatic N) is 2. The van der Waals surface area contributed by atoms with E-state index in [2.05, 4.69) is 56.5 Å². The average Bonchev–Trinajstić information content (AvgIpc) is 3.30. The van der Waals surface area contributed by atoms with Gasteiger partial charge in [-0.25, -0.2) is 0 Å². The van der Waals surface area contributed by atoms with Gasteiger partial charge in [0.25, 0.3) is 0 Å². The summed E-state index contributed by atoms with van der Waals surface area (Å²) in [6, 6.07) is 10.5. The number of hydrogen-bond donors (Lipinski definition) is 0. The summed E-state index contributed by atoms with van der Waals surface area (Å²) in [6.07, 6.45) is 0.891. The molecular weight excluding hydrogens is 472 g/mol. The van der Waals surface area contributed by atoms with Crippen molar-refractivity contribution < 1.29 is 19.1 Å². The highest BCUT2D eigenvalue weighted by Crippen LogP contribution is 2.38. The SMILES string of the molecule is CCOC(=O)CCC(=O)N(CC(=O)N1CCc2sccc2C1c1ccc(C(C)(C)C)cc1)CC(C)C. The standard InChI is InChI=1S/C29H40N2O4S/c1-7-35-27(34)13-12-25(32)30(18-20(2)3)19-26(33)31-16-14-24-23(15-17-36-24)28(31)21-8-10-22(11-9-21)29(4,5)6/h8-11,15,17,20,28H,7,12-14,16,18-19H2,1-6H3. The van der Waals surface area contributed by atoms with Crippen LogP contribution in [0.4, 0.5) is 0 Å². The van der Waals surface area contributed by atoms with Gasteiger partial charge in [-0.05, 0) is 52.8 Å². The van der Waals surface area contributed by atoms with Gasteiger partial charge in [0.2, 0.25) is 11.8 Å². The highest BCUT2D eigenvalue weighted by molar-refractivity contribution is 7.10. The van der Waals surface area contributed by atoms with Gasteiger partial charge in [0.1, 0.15) is 0 Å². The van der Waals surface area contributed by atoms with E-state index in [0.717, 1.165) is 12.0 Å². The molecule has 1 atom stereocenters. The van der Waals surface area contributed by atoms with Crippen molar-refractivity contribution in [1.82, 2.24) is 9.80 Å². The van der Waals surface area contributed by atoms with E-state index in [-0.39, 0.29) is 54.5 Å². The highest BCUT2D eigenvalue weighted by atomic mass is 32.1. The Kier molecular flexibility index (Phi) is 9.34. The fourth-order valence-corrected chi connectivity index (χ4v) is 5.56. The summed E-state index contributed by atoms with van der Waals surface area (Å²) in [5.74, 6) is -0.442. The van der Waals surface area contributed by atoms with Gasteiger partial charge in [0.05, 0.1) is 25.6 Å². The van der Waals surface area contributed by atoms with E-state index in [0.29, 0.717) is 19.7 Å². The second-order valence-corrected chi connectivity index (χ2v) is 11.9. The maximum atomic E-state index is 13.7. The maximum absolute atomic E-state index is 13.7. The zero-order valence-corrected chi connectivity index (χ0v) is 23.3. The number of hydrogen-bond acceptors (Lipinski definition) is 5. The summed E-state index contributed by atoms with van der Waals surface area (Å²) in [5.41, 5.74) is 3.56. The van der Waals surface area contributed by atoms with Gasteiger partial charge in [-0.2, -0.15) is 0 Å². The molecule has 0 N–H and O–H groups in total. The second-order valence-electron chi connectivity index (χ2n) is 10.9. The summed E-state index contributed by atoms with van der Waals surface area (Å²) in [5, 5.41) is 2.10. The van der Waals surface area contributed by atoms with E-state index < -0.39 is 0 Å². The van der Waals surface area contributed by atoms with Gasteiger partial charge < -0.3 is 14.5 Å². The zero-order valence-electron chi connectivity index (χ0n) is 22.5. The van der Waals surface area contributed by atoms with Crippen molar-refractivity contribution >= 4 is 29.1 Å². The maximum Gasteiger partial charge on any atom is 0.306 e. The van der Waals surface area contributed by atoms with Crippen LogP contribution in [0.25, 0.3) is 0 Å². The van der Waals surface area contributed by atoms with Crippen molar-refractivity contribution in [3.05, 3.63) is 57.3 Å². The third kappa shape index (κ3) is 6.96. The number of carbonyl (C=O) groups excluding carboxylic acids is 3. The van der Waals surface area contributed by atoms with E-state index in [1.807, 2.05) is 18.7 Å². The Balaban J connectivity index is 1.83. The summed E-state index contributed by atoms with van der Waals surface area (Å²) in [6.45, 7) is 13.7. The number of thiophene rings is 1. The van der Waals surface area contributed by atoms with Crippen molar-refractivity contribution in [2.75, 3.05) is 26.2 Å². The predicted molar refractivity (Wildman–Crippen MR) is 144 cm³/mol. The topological polar surface area (TPSA) is 66.9 Å². The molecule has 0 bridgehead atoms. The van der Waals surface area contributed by atoms with E-state index in [1.54, 1.807) is 23.2 Å². The van der Waals surface area contributed by atoms with Gasteiger partial charge in [-0.3, -0.25) is 14.4 Å². The molecule has 2 amide bonds. The lowest BCUT2D eigenvalue weighted by Gasteiger charge is -2.38. The number of rotatable bonds is 9. The molecule has 1 unspecified atom stereocenters. The summed E-state index contributed by atoms with van der Waals surface area (Å²) in [7, 11) is 0. The fourth-order valence-electron chi connectivity index (χ4n) is 4.66. The van der Waals surface area contributed by atoms with Crippen molar-refractivity contribution in [2.45, 2.75) is 72.3 Å². The predicted octanol–water partition coefficient (Wildman–Crippen LogP) is 5.35. The normalized spacial score (nSPS) is 15.5. The molecule has 1 aromatic heterocycles. The second kappa shape index (κ2) is 12.0. The Morgan fingerprint density at radius 3 is 2.42 bits per heavy atom. The van der Waals surface area contributed by atoms with Crippen LogP contribution in [-0.4, -0.2) is 53.8 Å². The Morgan fingerprint density at radius 1 is 1.11 bits per heavy atom. The van der Waals surface area contributed by atoms with Gasteiger partial charge in [-0.1, -0.05) is 58.9 Å². The molecule has 2 aromatic rings. The molecule has 0 saturated heterocycles. The highest BCUT2D eigenvalue weighted by Gasteiger charge is 2.34. The largest absolute Gasteiger partial charge is 0.466 e. The number of amides is 2. The molecule has 0 radical (unpaired) electrons.